The number of imidazole rings is 1. The largest absolute Gasteiger partial charge is 0.458 e. The summed E-state index contributed by atoms with van der Waals surface area (Å²) in [4.78, 5) is 43.9. The second-order valence-electron chi connectivity index (χ2n) is 7.48. The lowest BCUT2D eigenvalue weighted by Crippen LogP contribution is -2.48. The Hall–Kier alpha value is -3.48. The summed E-state index contributed by atoms with van der Waals surface area (Å²) in [6.45, 7) is 5.48. The van der Waals surface area contributed by atoms with Crippen molar-refractivity contribution in [2.75, 3.05) is 0 Å². The van der Waals surface area contributed by atoms with Crippen LogP contribution in [0.4, 0.5) is 0 Å². The van der Waals surface area contributed by atoms with Crippen LogP contribution >= 0.6 is 0 Å². The molecule has 1 aromatic carbocycles. The van der Waals surface area contributed by atoms with Crippen LogP contribution in [0.1, 0.15) is 45.8 Å². The number of hydrogen-bond acceptors (Lipinski definition) is 5. The van der Waals surface area contributed by atoms with E-state index in [1.807, 2.05) is 29.7 Å². The lowest BCUT2D eigenvalue weighted by molar-refractivity contribution is -0.151. The van der Waals surface area contributed by atoms with Gasteiger partial charge in [0.05, 0.1) is 16.8 Å². The lowest BCUT2D eigenvalue weighted by Gasteiger charge is -2.27. The van der Waals surface area contributed by atoms with Crippen LogP contribution in [0, 0.1) is 12.8 Å². The zero-order valence-electron chi connectivity index (χ0n) is 16.5. The molecule has 0 saturated carbocycles. The number of rotatable bonds is 5. The third-order valence-corrected chi connectivity index (χ3v) is 5.07. The van der Waals surface area contributed by atoms with Crippen LogP contribution in [0.2, 0.25) is 0 Å². The van der Waals surface area contributed by atoms with E-state index in [4.69, 9.17) is 4.74 Å². The highest BCUT2D eigenvalue weighted by Gasteiger charge is 2.44. The Morgan fingerprint density at radius 3 is 2.31 bits per heavy atom. The molecule has 0 N–H and O–H groups in total. The molecule has 2 amide bonds. The molecular weight excluding hydrogens is 370 g/mol. The number of hydrogen-bond donors (Lipinski definition) is 0. The van der Waals surface area contributed by atoms with E-state index in [9.17, 15) is 14.4 Å². The number of fused-ring (bicyclic) bond motifs is 2. The Bertz CT molecular complexity index is 1100. The molecule has 0 fully saturated rings. The maximum absolute atomic E-state index is 12.9. The topological polar surface area (TPSA) is 81.0 Å². The Labute approximate surface area is 167 Å². The first kappa shape index (κ1) is 18.9. The van der Waals surface area contributed by atoms with Crippen LogP contribution in [0.3, 0.4) is 0 Å². The molecule has 1 unspecified atom stereocenters. The van der Waals surface area contributed by atoms with Gasteiger partial charge in [-0.3, -0.25) is 14.5 Å². The molecular formula is C22H21N3O4. The zero-order chi connectivity index (χ0) is 20.7. The predicted molar refractivity (Wildman–Crippen MR) is 105 cm³/mol. The number of amides is 2. The van der Waals surface area contributed by atoms with E-state index >= 15 is 0 Å². The predicted octanol–water partition coefficient (Wildman–Crippen LogP) is 3.01. The van der Waals surface area contributed by atoms with Gasteiger partial charge >= 0.3 is 5.97 Å². The number of aromatic nitrogens is 2. The third kappa shape index (κ3) is 3.18. The minimum atomic E-state index is -0.999. The fraction of sp³-hybridized carbons (Fsp3) is 0.273. The van der Waals surface area contributed by atoms with Crippen LogP contribution < -0.4 is 0 Å². The lowest BCUT2D eigenvalue weighted by atomic mass is 10.0. The number of esters is 1. The number of imide groups is 1. The van der Waals surface area contributed by atoms with E-state index in [1.165, 1.54) is 0 Å². The Balaban J connectivity index is 1.54. The summed E-state index contributed by atoms with van der Waals surface area (Å²) in [5.41, 5.74) is 3.02. The van der Waals surface area contributed by atoms with E-state index in [0.717, 1.165) is 16.1 Å². The second kappa shape index (κ2) is 7.16. The molecule has 3 aromatic rings. The van der Waals surface area contributed by atoms with Gasteiger partial charge in [-0.25, -0.2) is 9.78 Å². The summed E-state index contributed by atoms with van der Waals surface area (Å²) >= 11 is 0. The van der Waals surface area contributed by atoms with Crippen molar-refractivity contribution in [1.82, 2.24) is 14.3 Å². The van der Waals surface area contributed by atoms with E-state index in [2.05, 4.69) is 4.98 Å². The van der Waals surface area contributed by atoms with E-state index in [1.54, 1.807) is 44.3 Å². The first-order valence-corrected chi connectivity index (χ1v) is 9.45. The minimum Gasteiger partial charge on any atom is -0.458 e. The van der Waals surface area contributed by atoms with Gasteiger partial charge in [0.15, 0.2) is 0 Å². The summed E-state index contributed by atoms with van der Waals surface area (Å²) in [6, 6.07) is 9.45. The molecule has 1 atom stereocenters. The van der Waals surface area contributed by atoms with Crippen molar-refractivity contribution in [1.29, 1.82) is 0 Å². The molecule has 0 radical (unpaired) electrons. The first-order valence-electron chi connectivity index (χ1n) is 9.45. The van der Waals surface area contributed by atoms with Crippen LogP contribution in [0.25, 0.3) is 5.65 Å². The second-order valence-corrected chi connectivity index (χ2v) is 7.48. The molecule has 7 heteroatoms. The smallest absolute Gasteiger partial charge is 0.330 e. The van der Waals surface area contributed by atoms with Crippen molar-refractivity contribution in [3.8, 4) is 0 Å². The Morgan fingerprint density at radius 1 is 1.07 bits per heavy atom. The average Bonchev–Trinajstić information content (AvgIpc) is 3.22. The van der Waals surface area contributed by atoms with Gasteiger partial charge in [0.25, 0.3) is 11.8 Å². The number of ether oxygens (including phenoxy) is 1. The number of nitrogens with zero attached hydrogens (tertiary/aromatic N) is 3. The molecule has 1 aliphatic rings. The maximum Gasteiger partial charge on any atom is 0.330 e. The normalized spacial score (nSPS) is 14.6. The van der Waals surface area contributed by atoms with Gasteiger partial charge < -0.3 is 9.14 Å². The summed E-state index contributed by atoms with van der Waals surface area (Å²) in [5.74, 6) is -1.86. The van der Waals surface area contributed by atoms with Gasteiger partial charge in [-0.2, -0.15) is 0 Å². The standard InChI is InChI=1S/C22H21N3O4/c1-13(2)18(25-20(26)16-8-4-5-9-17(16)21(25)27)22(28)29-12-15-11-24-10-6-7-14(3)19(24)23-15/h4-11,13,18H,12H2,1-3H3. The maximum atomic E-state index is 12.9. The van der Waals surface area contributed by atoms with E-state index in [0.29, 0.717) is 16.8 Å². The zero-order valence-corrected chi connectivity index (χ0v) is 16.5. The van der Waals surface area contributed by atoms with Crippen LogP contribution in [-0.2, 0) is 16.1 Å². The van der Waals surface area contributed by atoms with Gasteiger partial charge in [-0.1, -0.05) is 32.0 Å². The molecule has 0 aliphatic carbocycles. The Morgan fingerprint density at radius 2 is 1.72 bits per heavy atom. The molecule has 3 heterocycles. The van der Waals surface area contributed by atoms with Crippen molar-refractivity contribution >= 4 is 23.4 Å². The molecule has 0 saturated heterocycles. The van der Waals surface area contributed by atoms with Crippen LogP contribution in [-0.4, -0.2) is 38.1 Å². The quantitative estimate of drug-likeness (QED) is 0.493. The number of pyridine rings is 1. The third-order valence-electron chi connectivity index (χ3n) is 5.07. The number of aryl methyl sites for hydroxylation is 1. The average molecular weight is 391 g/mol. The highest BCUT2D eigenvalue weighted by molar-refractivity contribution is 6.22. The van der Waals surface area contributed by atoms with Crippen molar-refractivity contribution in [3.63, 3.8) is 0 Å². The van der Waals surface area contributed by atoms with Crippen molar-refractivity contribution < 1.29 is 19.1 Å². The summed E-state index contributed by atoms with van der Waals surface area (Å²) in [7, 11) is 0. The SMILES string of the molecule is Cc1cccn2cc(COC(=O)C(C(C)C)N3C(=O)c4ccccc4C3=O)nc12. The molecule has 0 spiro atoms. The van der Waals surface area contributed by atoms with Crippen LogP contribution in [0.5, 0.6) is 0 Å². The fourth-order valence-electron chi connectivity index (χ4n) is 3.64. The van der Waals surface area contributed by atoms with Gasteiger partial charge in [-0.05, 0) is 36.6 Å². The van der Waals surface area contributed by atoms with E-state index < -0.39 is 23.8 Å². The van der Waals surface area contributed by atoms with Gasteiger partial charge in [-0.15, -0.1) is 0 Å². The molecule has 4 rings (SSSR count). The van der Waals surface area contributed by atoms with E-state index in [-0.39, 0.29) is 12.5 Å². The number of carbonyl (C=O) groups excluding carboxylic acids is 3. The highest BCUT2D eigenvalue weighted by atomic mass is 16.5. The Kier molecular flexibility index (Phi) is 4.66. The van der Waals surface area contributed by atoms with Gasteiger partial charge in [0.2, 0.25) is 0 Å². The summed E-state index contributed by atoms with van der Waals surface area (Å²) in [5, 5.41) is 0. The van der Waals surface area contributed by atoms with Crippen LogP contribution in [0.15, 0.2) is 48.8 Å². The van der Waals surface area contributed by atoms with Gasteiger partial charge in [0.1, 0.15) is 18.3 Å². The first-order chi connectivity index (χ1) is 13.9. The summed E-state index contributed by atoms with van der Waals surface area (Å²) in [6.07, 6.45) is 3.67. The molecule has 2 aromatic heterocycles. The molecule has 148 valence electrons. The molecule has 29 heavy (non-hydrogen) atoms. The van der Waals surface area contributed by atoms with Crippen molar-refractivity contribution in [2.24, 2.45) is 5.92 Å². The highest BCUT2D eigenvalue weighted by Crippen LogP contribution is 2.27. The number of carbonyl (C=O) groups is 3. The van der Waals surface area contributed by atoms with Crippen molar-refractivity contribution in [3.05, 3.63) is 71.2 Å². The molecule has 0 bridgehead atoms. The number of benzene rings is 1. The minimum absolute atomic E-state index is 0.0354. The van der Waals surface area contributed by atoms with Crippen molar-refractivity contribution in [2.45, 2.75) is 33.4 Å². The molecule has 1 aliphatic heterocycles. The van der Waals surface area contributed by atoms with Gasteiger partial charge in [0, 0.05) is 12.4 Å². The summed E-state index contributed by atoms with van der Waals surface area (Å²) < 4.78 is 7.33. The monoisotopic (exact) mass is 391 g/mol. The fourth-order valence-corrected chi connectivity index (χ4v) is 3.64. The molecule has 7 nitrogen and oxygen atoms in total.